The number of halogens is 1. The molecule has 0 spiro atoms. The fourth-order valence-corrected chi connectivity index (χ4v) is 2.80. The van der Waals surface area contributed by atoms with Crippen molar-refractivity contribution in [1.29, 1.82) is 0 Å². The van der Waals surface area contributed by atoms with E-state index in [4.69, 9.17) is 4.74 Å². The maximum absolute atomic E-state index is 14.0. The van der Waals surface area contributed by atoms with Crippen LogP contribution in [0.3, 0.4) is 0 Å². The Bertz CT molecular complexity index is 921. The lowest BCUT2D eigenvalue weighted by Gasteiger charge is -2.26. The number of fused-ring (bicyclic) bond motifs is 1. The van der Waals surface area contributed by atoms with Crippen molar-refractivity contribution in [2.75, 3.05) is 13.2 Å². The summed E-state index contributed by atoms with van der Waals surface area (Å²) >= 11 is 0. The van der Waals surface area contributed by atoms with Gasteiger partial charge in [-0.15, -0.1) is 0 Å². The first kappa shape index (κ1) is 19.5. The summed E-state index contributed by atoms with van der Waals surface area (Å²) in [5, 5.41) is 0. The SMILES string of the molecule is C=C/C(=C\C=C/C)COc1ncc(F)c(N=CN2CCc3ccccc3C2)n1. The van der Waals surface area contributed by atoms with E-state index in [0.717, 1.165) is 31.3 Å². The zero-order valence-electron chi connectivity index (χ0n) is 15.9. The first-order valence-corrected chi connectivity index (χ1v) is 9.14. The second-order valence-corrected chi connectivity index (χ2v) is 6.32. The Morgan fingerprint density at radius 2 is 2.18 bits per heavy atom. The zero-order chi connectivity index (χ0) is 19.8. The molecule has 0 radical (unpaired) electrons. The molecule has 3 rings (SSSR count). The van der Waals surface area contributed by atoms with E-state index in [1.165, 1.54) is 11.1 Å². The van der Waals surface area contributed by atoms with E-state index in [1.807, 2.05) is 42.2 Å². The average Bonchev–Trinajstić information content (AvgIpc) is 2.73. The third kappa shape index (κ3) is 5.13. The molecule has 1 aromatic carbocycles. The molecule has 0 bridgehead atoms. The first-order valence-electron chi connectivity index (χ1n) is 9.14. The van der Waals surface area contributed by atoms with Crippen molar-refractivity contribution in [2.24, 2.45) is 4.99 Å². The van der Waals surface area contributed by atoms with E-state index in [2.05, 4.69) is 33.7 Å². The summed E-state index contributed by atoms with van der Waals surface area (Å²) < 4.78 is 19.6. The largest absolute Gasteiger partial charge is 0.459 e. The van der Waals surface area contributed by atoms with Gasteiger partial charge in [0.05, 0.1) is 12.5 Å². The molecule has 0 atom stereocenters. The minimum Gasteiger partial charge on any atom is -0.459 e. The lowest BCUT2D eigenvalue weighted by atomic mass is 10.0. The number of rotatable bonds is 7. The zero-order valence-corrected chi connectivity index (χ0v) is 15.9. The van der Waals surface area contributed by atoms with E-state index in [1.54, 1.807) is 12.4 Å². The summed E-state index contributed by atoms with van der Waals surface area (Å²) in [6, 6.07) is 8.39. The molecule has 2 aromatic rings. The Hall–Kier alpha value is -3.28. The van der Waals surface area contributed by atoms with E-state index in [9.17, 15) is 4.39 Å². The van der Waals surface area contributed by atoms with Gasteiger partial charge in [-0.05, 0) is 30.0 Å². The van der Waals surface area contributed by atoms with Gasteiger partial charge in [-0.3, -0.25) is 0 Å². The van der Waals surface area contributed by atoms with Crippen LogP contribution < -0.4 is 4.74 Å². The van der Waals surface area contributed by atoms with Crippen LogP contribution in [-0.4, -0.2) is 34.4 Å². The van der Waals surface area contributed by atoms with Gasteiger partial charge in [0.1, 0.15) is 6.61 Å². The number of benzene rings is 1. The molecule has 1 aromatic heterocycles. The molecule has 0 aliphatic carbocycles. The fraction of sp³-hybridized carbons (Fsp3) is 0.227. The first-order chi connectivity index (χ1) is 13.7. The van der Waals surface area contributed by atoms with Crippen LogP contribution in [-0.2, 0) is 13.0 Å². The van der Waals surface area contributed by atoms with Crippen molar-refractivity contribution < 1.29 is 9.13 Å². The van der Waals surface area contributed by atoms with E-state index < -0.39 is 5.82 Å². The van der Waals surface area contributed by atoms with Crippen LogP contribution in [0.25, 0.3) is 0 Å². The molecule has 0 unspecified atom stereocenters. The van der Waals surface area contributed by atoms with Crippen LogP contribution in [0.5, 0.6) is 6.01 Å². The van der Waals surface area contributed by atoms with Gasteiger partial charge in [0.25, 0.3) is 0 Å². The van der Waals surface area contributed by atoms with Crippen molar-refractivity contribution >= 4 is 12.2 Å². The molecule has 0 fully saturated rings. The second kappa shape index (κ2) is 9.60. The molecule has 5 nitrogen and oxygen atoms in total. The van der Waals surface area contributed by atoms with E-state index in [-0.39, 0.29) is 18.4 Å². The highest BCUT2D eigenvalue weighted by atomic mass is 19.1. The Labute approximate surface area is 164 Å². The lowest BCUT2D eigenvalue weighted by Crippen LogP contribution is -2.29. The Balaban J connectivity index is 1.67. The number of aromatic nitrogens is 2. The van der Waals surface area contributed by atoms with Gasteiger partial charge >= 0.3 is 6.01 Å². The number of hydrogen-bond donors (Lipinski definition) is 0. The quantitative estimate of drug-likeness (QED) is 0.407. The summed E-state index contributed by atoms with van der Waals surface area (Å²) in [4.78, 5) is 14.2. The predicted octanol–water partition coefficient (Wildman–Crippen LogP) is 4.40. The minimum absolute atomic E-state index is 0.0403. The van der Waals surface area contributed by atoms with Crippen LogP contribution in [0.2, 0.25) is 0 Å². The molecule has 144 valence electrons. The monoisotopic (exact) mass is 378 g/mol. The third-order valence-corrected chi connectivity index (χ3v) is 4.34. The number of ether oxygens (including phenoxy) is 1. The van der Waals surface area contributed by atoms with E-state index >= 15 is 0 Å². The second-order valence-electron chi connectivity index (χ2n) is 6.32. The van der Waals surface area contributed by atoms with Crippen LogP contribution in [0, 0.1) is 5.82 Å². The van der Waals surface area contributed by atoms with Crippen LogP contribution >= 0.6 is 0 Å². The maximum Gasteiger partial charge on any atom is 0.318 e. The molecule has 0 saturated carbocycles. The molecular formula is C22H23FN4O. The molecular weight excluding hydrogens is 355 g/mol. The van der Waals surface area contributed by atoms with Gasteiger partial charge in [-0.25, -0.2) is 14.4 Å². The van der Waals surface area contributed by atoms with Gasteiger partial charge in [-0.1, -0.05) is 55.1 Å². The minimum atomic E-state index is -0.589. The number of nitrogens with zero attached hydrogens (tertiary/aromatic N) is 4. The van der Waals surface area contributed by atoms with Gasteiger partial charge in [-0.2, -0.15) is 4.98 Å². The lowest BCUT2D eigenvalue weighted by molar-refractivity contribution is 0.325. The van der Waals surface area contributed by atoms with Gasteiger partial charge in [0.2, 0.25) is 0 Å². The standard InChI is InChI=1S/C22H23FN4O/c1-3-5-8-17(4-2)15-28-22-24-13-20(23)21(26-22)25-16-27-12-11-18-9-6-7-10-19(18)14-27/h3-10,13,16H,2,11-12,14-15H2,1H3/b5-3-,17-8+,25-16?. The highest BCUT2D eigenvalue weighted by Gasteiger charge is 2.14. The highest BCUT2D eigenvalue weighted by molar-refractivity contribution is 5.60. The van der Waals surface area contributed by atoms with Crippen LogP contribution in [0.1, 0.15) is 18.1 Å². The molecule has 6 heteroatoms. The van der Waals surface area contributed by atoms with E-state index in [0.29, 0.717) is 0 Å². The molecule has 0 saturated heterocycles. The van der Waals surface area contributed by atoms with Crippen molar-refractivity contribution in [3.63, 3.8) is 0 Å². The molecule has 0 amide bonds. The Morgan fingerprint density at radius 3 is 2.96 bits per heavy atom. The normalized spacial score (nSPS) is 14.5. The predicted molar refractivity (Wildman–Crippen MR) is 109 cm³/mol. The summed E-state index contributed by atoms with van der Waals surface area (Å²) in [7, 11) is 0. The van der Waals surface area contributed by atoms with Crippen molar-refractivity contribution in [3.8, 4) is 6.01 Å². The molecule has 1 aliphatic heterocycles. The van der Waals surface area contributed by atoms with Crippen LogP contribution in [0.4, 0.5) is 10.2 Å². The number of aliphatic imine (C=N–C) groups is 1. The number of allylic oxidation sites excluding steroid dienone is 3. The van der Waals surface area contributed by atoms with Crippen molar-refractivity contribution in [1.82, 2.24) is 14.9 Å². The van der Waals surface area contributed by atoms with Gasteiger partial charge in [0, 0.05) is 13.1 Å². The summed E-state index contributed by atoms with van der Waals surface area (Å²) in [5.74, 6) is -0.629. The molecule has 2 heterocycles. The Kier molecular flexibility index (Phi) is 6.68. The Morgan fingerprint density at radius 1 is 1.36 bits per heavy atom. The van der Waals surface area contributed by atoms with Crippen molar-refractivity contribution in [2.45, 2.75) is 19.9 Å². The molecule has 1 aliphatic rings. The summed E-state index contributed by atoms with van der Waals surface area (Å²) in [6.45, 7) is 7.48. The van der Waals surface area contributed by atoms with Crippen molar-refractivity contribution in [3.05, 3.63) is 83.9 Å². The highest BCUT2D eigenvalue weighted by Crippen LogP contribution is 2.20. The summed E-state index contributed by atoms with van der Waals surface area (Å²) in [6.07, 6.45) is 11.0. The topological polar surface area (TPSA) is 50.6 Å². The van der Waals surface area contributed by atoms with Gasteiger partial charge < -0.3 is 9.64 Å². The molecule has 0 N–H and O–H groups in total. The summed E-state index contributed by atoms with van der Waals surface area (Å²) in [5.41, 5.74) is 3.47. The number of hydrogen-bond acceptors (Lipinski definition) is 4. The molecule has 28 heavy (non-hydrogen) atoms. The maximum atomic E-state index is 14.0. The third-order valence-electron chi connectivity index (χ3n) is 4.34. The van der Waals surface area contributed by atoms with Crippen LogP contribution in [0.15, 0.2) is 71.9 Å². The average molecular weight is 378 g/mol. The fourth-order valence-electron chi connectivity index (χ4n) is 2.80. The van der Waals surface area contributed by atoms with Gasteiger partial charge in [0.15, 0.2) is 11.6 Å². The smallest absolute Gasteiger partial charge is 0.318 e.